The highest BCUT2D eigenvalue weighted by atomic mass is 16.5. The lowest BCUT2D eigenvalue weighted by Crippen LogP contribution is -2.22. The third-order valence-electron chi connectivity index (χ3n) is 9.88. The molecule has 9 rings (SSSR count). The van der Waals surface area contributed by atoms with Crippen LogP contribution in [0.25, 0.3) is 55.1 Å². The molecule has 5 aromatic carbocycles. The molecule has 1 aliphatic heterocycles. The molecule has 6 heteroatoms. The molecular weight excluding hydrogens is 615 g/mol. The number of para-hydroxylation sites is 2. The fourth-order valence-corrected chi connectivity index (χ4v) is 7.33. The Hall–Kier alpha value is -6.01. The first-order valence-corrected chi connectivity index (χ1v) is 17.2. The number of nitrogens with zero attached hydrogens (tertiary/aromatic N) is 5. The van der Waals surface area contributed by atoms with Gasteiger partial charge < -0.3 is 19.1 Å². The Balaban J connectivity index is 1.22. The van der Waals surface area contributed by atoms with Crippen LogP contribution < -0.4 is 9.64 Å². The van der Waals surface area contributed by atoms with E-state index in [2.05, 4.69) is 181 Å². The first kappa shape index (κ1) is 30.1. The van der Waals surface area contributed by atoms with Gasteiger partial charge in [-0.3, -0.25) is 4.57 Å². The van der Waals surface area contributed by atoms with Crippen molar-refractivity contribution in [2.45, 2.75) is 33.1 Å². The van der Waals surface area contributed by atoms with Gasteiger partial charge in [-0.15, -0.1) is 0 Å². The van der Waals surface area contributed by atoms with Gasteiger partial charge in [-0.2, -0.15) is 0 Å². The summed E-state index contributed by atoms with van der Waals surface area (Å²) in [4.78, 5) is 9.56. The molecule has 3 aromatic heterocycles. The van der Waals surface area contributed by atoms with Crippen LogP contribution in [0.15, 0.2) is 134 Å². The highest BCUT2D eigenvalue weighted by molar-refractivity contribution is 6.11. The lowest BCUT2D eigenvalue weighted by atomic mass is 9.86. The van der Waals surface area contributed by atoms with E-state index in [1.165, 1.54) is 27.4 Å². The van der Waals surface area contributed by atoms with Gasteiger partial charge in [-0.05, 0) is 72.5 Å². The molecule has 0 bridgehead atoms. The van der Waals surface area contributed by atoms with E-state index in [0.29, 0.717) is 0 Å². The zero-order valence-corrected chi connectivity index (χ0v) is 29.1. The van der Waals surface area contributed by atoms with Crippen molar-refractivity contribution in [2.24, 2.45) is 0 Å². The number of pyridine rings is 1. The third-order valence-corrected chi connectivity index (χ3v) is 9.88. The van der Waals surface area contributed by atoms with Crippen LogP contribution in [0.3, 0.4) is 0 Å². The second-order valence-corrected chi connectivity index (χ2v) is 14.5. The number of anilines is 1. The summed E-state index contributed by atoms with van der Waals surface area (Å²) in [5, 5.41) is 4.67. The van der Waals surface area contributed by atoms with Gasteiger partial charge in [0.05, 0.1) is 28.7 Å². The number of ether oxygens (including phenoxy) is 1. The Bertz CT molecular complexity index is 2620. The van der Waals surface area contributed by atoms with Crippen molar-refractivity contribution in [3.63, 3.8) is 0 Å². The number of fused-ring (bicyclic) bond motifs is 6. The van der Waals surface area contributed by atoms with E-state index in [-0.39, 0.29) is 5.41 Å². The molecule has 0 radical (unpaired) electrons. The van der Waals surface area contributed by atoms with Crippen LogP contribution in [-0.2, 0) is 5.41 Å². The molecule has 0 atom stereocenters. The predicted octanol–water partition coefficient (Wildman–Crippen LogP) is 10.9. The molecule has 50 heavy (non-hydrogen) atoms. The minimum absolute atomic E-state index is 0.0366. The zero-order valence-electron chi connectivity index (χ0n) is 29.1. The van der Waals surface area contributed by atoms with Gasteiger partial charge in [0, 0.05) is 76.8 Å². The van der Waals surface area contributed by atoms with Gasteiger partial charge in [0.25, 0.3) is 0 Å². The highest BCUT2D eigenvalue weighted by Gasteiger charge is 2.21. The van der Waals surface area contributed by atoms with Crippen LogP contribution in [0.1, 0.15) is 31.9 Å². The van der Waals surface area contributed by atoms with Gasteiger partial charge in [-0.25, -0.2) is 4.98 Å². The minimum Gasteiger partial charge on any atom is -0.457 e. The number of aryl methyl sites for hydroxylation is 1. The number of hydrogen-bond donors (Lipinski definition) is 0. The van der Waals surface area contributed by atoms with Gasteiger partial charge in [0.15, 0.2) is 0 Å². The molecule has 0 saturated carbocycles. The monoisotopic (exact) mass is 653 g/mol. The van der Waals surface area contributed by atoms with Crippen molar-refractivity contribution in [3.05, 3.63) is 145 Å². The maximum Gasteiger partial charge on any atom is 0.139 e. The van der Waals surface area contributed by atoms with E-state index in [1.807, 2.05) is 6.20 Å². The molecule has 1 aliphatic rings. The zero-order chi connectivity index (χ0) is 34.1. The second-order valence-electron chi connectivity index (χ2n) is 14.5. The first-order chi connectivity index (χ1) is 24.2. The summed E-state index contributed by atoms with van der Waals surface area (Å²) in [5.41, 5.74) is 9.10. The fourth-order valence-electron chi connectivity index (χ4n) is 7.33. The lowest BCUT2D eigenvalue weighted by molar-refractivity contribution is 0.477. The maximum atomic E-state index is 6.73. The summed E-state index contributed by atoms with van der Waals surface area (Å²) in [7, 11) is 2.09. The Kier molecular flexibility index (Phi) is 6.78. The SMILES string of the molecule is Cc1ccc2c(c1)c1cnc(-n3c4ccccc4c4ccc(Oc5cc(N6C=CN(C)C6)cc(C(C)(C)C)c5)cc43)cc1n2-c1ccccc1. The Morgan fingerprint density at radius 3 is 2.16 bits per heavy atom. The number of rotatable bonds is 5. The Morgan fingerprint density at radius 1 is 0.600 bits per heavy atom. The molecule has 0 unspecified atom stereocenters. The minimum atomic E-state index is -0.0366. The molecule has 0 amide bonds. The van der Waals surface area contributed by atoms with E-state index in [4.69, 9.17) is 9.72 Å². The number of benzene rings is 5. The third kappa shape index (κ3) is 4.98. The summed E-state index contributed by atoms with van der Waals surface area (Å²) in [5.74, 6) is 2.46. The standard InChI is InChI=1S/C44H39N5O/c1-29-15-18-40-37(21-29)38-27-45-43(26-42(38)48(40)31-11-7-6-8-12-31)49-39-14-10-9-13-35(39)36-17-16-33(25-41(36)49)50-34-23-30(44(2,3)4)22-32(24-34)47-20-19-46(5)28-47/h6-27H,28H2,1-5H3. The average Bonchev–Trinajstić information content (AvgIpc) is 3.79. The quantitative estimate of drug-likeness (QED) is 0.185. The molecule has 6 nitrogen and oxygen atoms in total. The molecule has 0 N–H and O–H groups in total. The molecule has 0 spiro atoms. The van der Waals surface area contributed by atoms with Crippen molar-refractivity contribution >= 4 is 49.3 Å². The molecule has 246 valence electrons. The van der Waals surface area contributed by atoms with Crippen LogP contribution >= 0.6 is 0 Å². The lowest BCUT2D eigenvalue weighted by Gasteiger charge is -2.25. The Labute approximate surface area is 292 Å². The van der Waals surface area contributed by atoms with Gasteiger partial charge >= 0.3 is 0 Å². The maximum absolute atomic E-state index is 6.73. The topological polar surface area (TPSA) is 38.5 Å². The van der Waals surface area contributed by atoms with Crippen LogP contribution in [0.4, 0.5) is 5.69 Å². The van der Waals surface area contributed by atoms with Gasteiger partial charge in [0.1, 0.15) is 17.3 Å². The van der Waals surface area contributed by atoms with Crippen molar-refractivity contribution < 1.29 is 4.74 Å². The van der Waals surface area contributed by atoms with Crippen molar-refractivity contribution in [1.29, 1.82) is 0 Å². The summed E-state index contributed by atoms with van der Waals surface area (Å²) in [6.45, 7) is 9.68. The highest BCUT2D eigenvalue weighted by Crippen LogP contribution is 2.39. The van der Waals surface area contributed by atoms with E-state index in [1.54, 1.807) is 0 Å². The predicted molar refractivity (Wildman–Crippen MR) is 207 cm³/mol. The normalized spacial score (nSPS) is 13.5. The summed E-state index contributed by atoms with van der Waals surface area (Å²) < 4.78 is 11.4. The first-order valence-electron chi connectivity index (χ1n) is 17.2. The van der Waals surface area contributed by atoms with Crippen LogP contribution in [0.5, 0.6) is 11.5 Å². The second kappa shape index (κ2) is 11.3. The average molecular weight is 654 g/mol. The molecule has 0 aliphatic carbocycles. The van der Waals surface area contributed by atoms with E-state index in [0.717, 1.165) is 62.7 Å². The number of hydrogen-bond acceptors (Lipinski definition) is 4. The molecule has 0 saturated heterocycles. The number of aromatic nitrogens is 3. The van der Waals surface area contributed by atoms with Crippen molar-refractivity contribution in [3.8, 4) is 23.0 Å². The van der Waals surface area contributed by atoms with Gasteiger partial charge in [-0.1, -0.05) is 68.8 Å². The summed E-state index contributed by atoms with van der Waals surface area (Å²) in [6, 6.07) is 41.1. The molecule has 8 aromatic rings. The van der Waals surface area contributed by atoms with E-state index >= 15 is 0 Å². The van der Waals surface area contributed by atoms with Crippen LogP contribution in [0, 0.1) is 6.92 Å². The summed E-state index contributed by atoms with van der Waals surface area (Å²) in [6.07, 6.45) is 6.26. The smallest absolute Gasteiger partial charge is 0.139 e. The Morgan fingerprint density at radius 2 is 1.36 bits per heavy atom. The summed E-state index contributed by atoms with van der Waals surface area (Å²) >= 11 is 0. The largest absolute Gasteiger partial charge is 0.457 e. The van der Waals surface area contributed by atoms with Crippen molar-refractivity contribution in [2.75, 3.05) is 18.6 Å². The van der Waals surface area contributed by atoms with Gasteiger partial charge in [0.2, 0.25) is 0 Å². The van der Waals surface area contributed by atoms with Crippen molar-refractivity contribution in [1.82, 2.24) is 19.0 Å². The van der Waals surface area contributed by atoms with E-state index in [9.17, 15) is 0 Å². The van der Waals surface area contributed by atoms with E-state index < -0.39 is 0 Å². The molecule has 0 fully saturated rings. The van der Waals surface area contributed by atoms with Crippen LogP contribution in [-0.4, -0.2) is 32.7 Å². The molecular formula is C44H39N5O. The fraction of sp³-hybridized carbons (Fsp3) is 0.159. The molecule has 4 heterocycles. The van der Waals surface area contributed by atoms with Crippen LogP contribution in [0.2, 0.25) is 0 Å².